The normalized spacial score (nSPS) is 18.5. The fourth-order valence-electron chi connectivity index (χ4n) is 13.5. The van der Waals surface area contributed by atoms with E-state index in [1.165, 1.54) is 36.2 Å². The van der Waals surface area contributed by atoms with Crippen LogP contribution in [0.1, 0.15) is 122 Å². The van der Waals surface area contributed by atoms with E-state index in [9.17, 15) is 27.6 Å². The van der Waals surface area contributed by atoms with Crippen LogP contribution in [0.5, 0.6) is 5.75 Å². The van der Waals surface area contributed by atoms with Crippen LogP contribution in [0, 0.1) is 19.8 Å². The second-order valence-electron chi connectivity index (χ2n) is 26.1. The van der Waals surface area contributed by atoms with Crippen molar-refractivity contribution in [3.8, 4) is 16.9 Å². The number of likely N-dealkylation sites (tertiary alicyclic amines) is 2. The van der Waals surface area contributed by atoms with E-state index in [-0.39, 0.29) is 66.6 Å². The second kappa shape index (κ2) is 26.9. The first-order valence-corrected chi connectivity index (χ1v) is 33.8. The van der Waals surface area contributed by atoms with E-state index in [0.29, 0.717) is 99.0 Å². The summed E-state index contributed by atoms with van der Waals surface area (Å²) >= 11 is 0. The molecule has 6 heterocycles. The molecule has 5 amide bonds. The van der Waals surface area contributed by atoms with Gasteiger partial charge in [-0.1, -0.05) is 72.8 Å². The number of hydrogen-bond donors (Lipinski definition) is 4. The number of benzene rings is 4. The maximum absolute atomic E-state index is 15.1. The predicted molar refractivity (Wildman–Crippen MR) is 352 cm³/mol. The van der Waals surface area contributed by atoms with Gasteiger partial charge in [0, 0.05) is 100 Å². The molecular weight excluding hydrogens is 1200 g/mol. The Kier molecular flexibility index (Phi) is 18.5. The number of rotatable bonds is 18. The van der Waals surface area contributed by atoms with Gasteiger partial charge in [-0.15, -0.1) is 0 Å². The number of likely N-dealkylation sites (N-methyl/N-ethyl adjacent to an activating group) is 1. The zero-order chi connectivity index (χ0) is 65.3. The predicted octanol–water partition coefficient (Wildman–Crippen LogP) is 8.07. The molecule has 4 aromatic carbocycles. The maximum Gasteiger partial charge on any atom is 0.410 e. The first-order valence-electron chi connectivity index (χ1n) is 32.3. The Balaban J connectivity index is 0.668. The third-order valence-corrected chi connectivity index (χ3v) is 22.0. The number of ether oxygens (including phenoxy) is 2. The number of amides is 5. The quantitative estimate of drug-likeness (QED) is 0.0632. The average molecular weight is 1280 g/mol. The lowest BCUT2D eigenvalue weighted by Gasteiger charge is -2.39. The van der Waals surface area contributed by atoms with E-state index in [0.717, 1.165) is 58.3 Å². The molecule has 93 heavy (non-hydrogen) atoms. The third-order valence-electron chi connectivity index (χ3n) is 19.5. The lowest BCUT2D eigenvalue weighted by atomic mass is 9.87. The summed E-state index contributed by atoms with van der Waals surface area (Å²) in [5.41, 5.74) is 9.24. The van der Waals surface area contributed by atoms with Crippen LogP contribution in [0.3, 0.4) is 0 Å². The van der Waals surface area contributed by atoms with Crippen LogP contribution < -0.4 is 25.6 Å². The Morgan fingerprint density at radius 1 is 0.785 bits per heavy atom. The standard InChI is InChI=1S/C69H82N14O9S/c1-42-43(2)77-78-61(42)76-62-53-36-59(93(89,90)69(4,5)6)58(37-56(53)72-41-73-62)91-35-34-80-30-32-82(33-31-80)67-70-38-47(39-71-67)65(86)81-28-25-46(26-29-81)60(66(87)83-27-15-24-57(83)64(85)74-55-23-14-17-45-16-8-9-18-48(45)55)75-63(84)44(3)79(7)68(88)92-40-54-51-21-12-10-19-49(51)50-20-11-13-22-52(50)54/h8-13,16,18-22,36-39,41,44,46,54-55,57,60H,14-15,17,23-35,40H2,1-7H3,(H,74,85)(H,75,84)(H2,72,73,76,77,78)/t44-,55+,57-,60-/m0/s1. The van der Waals surface area contributed by atoms with E-state index in [2.05, 4.69) is 80.1 Å². The molecule has 0 bridgehead atoms. The summed E-state index contributed by atoms with van der Waals surface area (Å²) in [7, 11) is -2.37. The van der Waals surface area contributed by atoms with Crippen molar-refractivity contribution >= 4 is 68.0 Å². The van der Waals surface area contributed by atoms with Crippen molar-refractivity contribution in [1.82, 2.24) is 60.4 Å². The Bertz CT molecular complexity index is 4020. The molecule has 4 N–H and O–H groups in total. The van der Waals surface area contributed by atoms with Crippen LogP contribution in [0.2, 0.25) is 0 Å². The number of H-pyrrole nitrogens is 1. The Morgan fingerprint density at radius 3 is 2.14 bits per heavy atom. The number of anilines is 3. The zero-order valence-corrected chi connectivity index (χ0v) is 54.7. The summed E-state index contributed by atoms with van der Waals surface area (Å²) in [6.45, 7) is 14.6. The van der Waals surface area contributed by atoms with Gasteiger partial charge in [0.15, 0.2) is 15.7 Å². The molecule has 0 radical (unpaired) electrons. The van der Waals surface area contributed by atoms with Crippen LogP contribution in [-0.2, 0) is 35.4 Å². The number of nitrogens with zero attached hydrogens (tertiary/aromatic N) is 10. The highest BCUT2D eigenvalue weighted by atomic mass is 32.2. The molecule has 3 aromatic heterocycles. The summed E-state index contributed by atoms with van der Waals surface area (Å²) in [5.74, 6) is -0.310. The zero-order valence-electron chi connectivity index (χ0n) is 53.9. The van der Waals surface area contributed by atoms with Crippen molar-refractivity contribution < 1.29 is 41.9 Å². The number of hydrogen-bond acceptors (Lipinski definition) is 17. The smallest absolute Gasteiger partial charge is 0.410 e. The number of aromatic amines is 1. The second-order valence-corrected chi connectivity index (χ2v) is 28.8. The molecule has 24 heteroatoms. The Morgan fingerprint density at radius 2 is 1.46 bits per heavy atom. The molecular formula is C69H82N14O9S. The SMILES string of the molecule is Cc1[nH]nc(Nc2ncnc3cc(OCCN4CCN(c5ncc(C(=O)N6CCC([C@H](NC(=O)[C@H](C)N(C)C(=O)OCC7c8ccccc8-c8ccccc87)C(=O)N7CCC[C@H]7C(=O)N[C@@H]7CCCc8ccccc87)CC6)cn5)CC4)c(S(=O)(=O)C(C)(C)C)cc23)c1C. The first-order chi connectivity index (χ1) is 44.7. The number of aromatic nitrogens is 6. The molecule has 0 unspecified atom stereocenters. The molecule has 7 aromatic rings. The van der Waals surface area contributed by atoms with Crippen LogP contribution in [-0.4, -0.2) is 183 Å². The fraction of sp³-hybridized carbons (Fsp3) is 0.449. The molecule has 5 aliphatic rings. The number of piperazine rings is 1. The largest absolute Gasteiger partial charge is 0.491 e. The minimum Gasteiger partial charge on any atom is -0.491 e. The van der Waals surface area contributed by atoms with Crippen molar-refractivity contribution in [3.63, 3.8) is 0 Å². The number of carbonyl (C=O) groups excluding carboxylic acids is 5. The first kappa shape index (κ1) is 64.1. The molecule has 4 atom stereocenters. The Labute approximate surface area is 542 Å². The highest BCUT2D eigenvalue weighted by Crippen LogP contribution is 2.45. The number of carbonyl (C=O) groups is 5. The van der Waals surface area contributed by atoms with Crippen molar-refractivity contribution in [2.75, 3.05) is 82.8 Å². The highest BCUT2D eigenvalue weighted by Gasteiger charge is 2.44. The number of aryl methyl sites for hydroxylation is 2. The van der Waals surface area contributed by atoms with Gasteiger partial charge in [-0.05, 0) is 132 Å². The van der Waals surface area contributed by atoms with E-state index in [4.69, 9.17) is 9.47 Å². The van der Waals surface area contributed by atoms with Crippen molar-refractivity contribution in [2.45, 2.75) is 126 Å². The number of piperidine rings is 1. The van der Waals surface area contributed by atoms with Crippen LogP contribution >= 0.6 is 0 Å². The van der Waals surface area contributed by atoms with E-state index >= 15 is 4.79 Å². The van der Waals surface area contributed by atoms with E-state index in [1.807, 2.05) is 62.4 Å². The van der Waals surface area contributed by atoms with Crippen molar-refractivity contribution in [3.05, 3.63) is 143 Å². The molecule has 12 rings (SSSR count). The molecule has 23 nitrogen and oxygen atoms in total. The van der Waals surface area contributed by atoms with Crippen LogP contribution in [0.4, 0.5) is 22.4 Å². The van der Waals surface area contributed by atoms with Gasteiger partial charge in [-0.2, -0.15) is 5.10 Å². The summed E-state index contributed by atoms with van der Waals surface area (Å²) in [6, 6.07) is 24.5. The number of fused-ring (bicyclic) bond motifs is 5. The monoisotopic (exact) mass is 1280 g/mol. The lowest BCUT2D eigenvalue weighted by molar-refractivity contribution is -0.143. The van der Waals surface area contributed by atoms with Crippen LogP contribution in [0.15, 0.2) is 109 Å². The number of nitrogens with one attached hydrogen (secondary N) is 4. The maximum atomic E-state index is 15.1. The molecule has 488 valence electrons. The molecule has 3 fully saturated rings. The highest BCUT2D eigenvalue weighted by molar-refractivity contribution is 7.92. The van der Waals surface area contributed by atoms with Gasteiger partial charge in [-0.25, -0.2) is 33.1 Å². The minimum absolute atomic E-state index is 0.0478. The average Bonchev–Trinajstić information content (AvgIpc) is 1.63. The molecule has 3 aliphatic heterocycles. The summed E-state index contributed by atoms with van der Waals surface area (Å²) < 4.78 is 39.3. The van der Waals surface area contributed by atoms with Crippen molar-refractivity contribution in [1.29, 1.82) is 0 Å². The topological polar surface area (TPSA) is 270 Å². The van der Waals surface area contributed by atoms with Gasteiger partial charge in [-0.3, -0.25) is 34.1 Å². The van der Waals surface area contributed by atoms with Gasteiger partial charge >= 0.3 is 6.09 Å². The summed E-state index contributed by atoms with van der Waals surface area (Å²) in [4.78, 5) is 99.0. The number of sulfone groups is 1. The van der Waals surface area contributed by atoms with Gasteiger partial charge in [0.25, 0.3) is 5.91 Å². The van der Waals surface area contributed by atoms with E-state index in [1.54, 1.807) is 49.6 Å². The molecule has 0 saturated carbocycles. The summed E-state index contributed by atoms with van der Waals surface area (Å²) in [6.07, 6.45) is 8.31. The van der Waals surface area contributed by atoms with Gasteiger partial charge < -0.3 is 40.1 Å². The lowest BCUT2D eigenvalue weighted by Crippen LogP contribution is -2.59. The summed E-state index contributed by atoms with van der Waals surface area (Å²) in [5, 5.41) is 17.4. The van der Waals surface area contributed by atoms with Crippen molar-refractivity contribution in [2.24, 2.45) is 5.92 Å². The van der Waals surface area contributed by atoms with E-state index < -0.39 is 50.6 Å². The fourth-order valence-corrected chi connectivity index (χ4v) is 14.9. The van der Waals surface area contributed by atoms with Gasteiger partial charge in [0.1, 0.15) is 54.1 Å². The van der Waals surface area contributed by atoms with Gasteiger partial charge in [0.2, 0.25) is 23.7 Å². The van der Waals surface area contributed by atoms with Crippen LogP contribution in [0.25, 0.3) is 22.0 Å². The third kappa shape index (κ3) is 13.2. The van der Waals surface area contributed by atoms with Gasteiger partial charge in [0.05, 0.1) is 21.9 Å². The minimum atomic E-state index is -3.88. The molecule has 3 saturated heterocycles. The molecule has 2 aliphatic carbocycles. The Hall–Kier alpha value is -9.03. The molecule has 0 spiro atoms.